The van der Waals surface area contributed by atoms with E-state index in [1.165, 1.54) is 24.6 Å². The van der Waals surface area contributed by atoms with E-state index in [4.69, 9.17) is 9.84 Å². The highest BCUT2D eigenvalue weighted by molar-refractivity contribution is 5.76. The quantitative estimate of drug-likeness (QED) is 0.857. The Morgan fingerprint density at radius 3 is 2.68 bits per heavy atom. The second-order valence-electron chi connectivity index (χ2n) is 6.86. The predicted molar refractivity (Wildman–Crippen MR) is 96.6 cm³/mol. The molecule has 0 aliphatic carbocycles. The van der Waals surface area contributed by atoms with Crippen molar-refractivity contribution in [1.29, 1.82) is 0 Å². The number of ether oxygens (including phenoxy) is 1. The van der Waals surface area contributed by atoms with Crippen molar-refractivity contribution in [3.05, 3.63) is 50.9 Å². The molecular formula is C20H20F3NO4. The van der Waals surface area contributed by atoms with Crippen LogP contribution in [0.3, 0.4) is 0 Å². The SMILES string of the molecule is Cc1cc(C(F)(F)F)c(-c2ccc(CCC(=O)O)c3c2OCCC3)c(=O)n1C. The zero-order valence-electron chi connectivity index (χ0n) is 15.5. The van der Waals surface area contributed by atoms with Crippen molar-refractivity contribution in [3.63, 3.8) is 0 Å². The van der Waals surface area contributed by atoms with Crippen LogP contribution in [-0.2, 0) is 30.9 Å². The van der Waals surface area contributed by atoms with E-state index >= 15 is 0 Å². The molecule has 5 nitrogen and oxygen atoms in total. The number of rotatable bonds is 4. The van der Waals surface area contributed by atoms with Gasteiger partial charge in [-0.15, -0.1) is 0 Å². The zero-order valence-corrected chi connectivity index (χ0v) is 15.5. The number of halogens is 3. The summed E-state index contributed by atoms with van der Waals surface area (Å²) in [6, 6.07) is 4.00. The van der Waals surface area contributed by atoms with Crippen LogP contribution in [0.25, 0.3) is 11.1 Å². The van der Waals surface area contributed by atoms with Gasteiger partial charge in [0.2, 0.25) is 0 Å². The average Bonchev–Trinajstić information content (AvgIpc) is 2.63. The molecule has 28 heavy (non-hydrogen) atoms. The van der Waals surface area contributed by atoms with E-state index in [2.05, 4.69) is 0 Å². The first-order valence-corrected chi connectivity index (χ1v) is 8.88. The largest absolute Gasteiger partial charge is 0.493 e. The molecule has 8 heteroatoms. The topological polar surface area (TPSA) is 68.5 Å². The minimum absolute atomic E-state index is 0.0914. The van der Waals surface area contributed by atoms with Crippen molar-refractivity contribution in [1.82, 2.24) is 4.57 Å². The number of pyridine rings is 1. The highest BCUT2D eigenvalue weighted by Crippen LogP contribution is 2.42. The Labute approximate surface area is 159 Å². The van der Waals surface area contributed by atoms with Gasteiger partial charge in [0.05, 0.1) is 17.7 Å². The fraction of sp³-hybridized carbons (Fsp3) is 0.400. The normalized spacial score (nSPS) is 13.8. The molecule has 1 aliphatic rings. The molecule has 0 spiro atoms. The van der Waals surface area contributed by atoms with Crippen LogP contribution >= 0.6 is 0 Å². The van der Waals surface area contributed by atoms with Crippen LogP contribution in [-0.4, -0.2) is 22.2 Å². The van der Waals surface area contributed by atoms with Crippen LogP contribution in [0.15, 0.2) is 23.0 Å². The highest BCUT2D eigenvalue weighted by Gasteiger charge is 2.37. The summed E-state index contributed by atoms with van der Waals surface area (Å²) >= 11 is 0. The van der Waals surface area contributed by atoms with E-state index < -0.39 is 28.8 Å². The van der Waals surface area contributed by atoms with Crippen LogP contribution in [0, 0.1) is 6.92 Å². The summed E-state index contributed by atoms with van der Waals surface area (Å²) in [5.74, 6) is -0.707. The molecule has 0 saturated carbocycles. The summed E-state index contributed by atoms with van der Waals surface area (Å²) in [4.78, 5) is 23.7. The fourth-order valence-corrected chi connectivity index (χ4v) is 3.51. The molecule has 2 heterocycles. The number of aliphatic carboxylic acids is 1. The van der Waals surface area contributed by atoms with Crippen LogP contribution in [0.1, 0.15) is 35.2 Å². The number of hydrogen-bond donors (Lipinski definition) is 1. The molecule has 0 saturated heterocycles. The molecule has 0 radical (unpaired) electrons. The van der Waals surface area contributed by atoms with Crippen molar-refractivity contribution in [2.45, 2.75) is 38.8 Å². The zero-order chi connectivity index (χ0) is 20.6. The molecule has 0 bridgehead atoms. The highest BCUT2D eigenvalue weighted by atomic mass is 19.4. The Kier molecular flexibility index (Phi) is 5.23. The van der Waals surface area contributed by atoms with Gasteiger partial charge < -0.3 is 14.4 Å². The maximum Gasteiger partial charge on any atom is 0.417 e. The van der Waals surface area contributed by atoms with Gasteiger partial charge in [-0.05, 0) is 43.4 Å². The summed E-state index contributed by atoms with van der Waals surface area (Å²) in [5.41, 5.74) is -0.483. The van der Waals surface area contributed by atoms with E-state index in [1.807, 2.05) is 0 Å². The molecule has 0 atom stereocenters. The molecular weight excluding hydrogens is 375 g/mol. The number of aryl methyl sites for hydroxylation is 2. The first-order chi connectivity index (χ1) is 13.1. The van der Waals surface area contributed by atoms with E-state index in [0.29, 0.717) is 25.0 Å². The minimum Gasteiger partial charge on any atom is -0.493 e. The average molecular weight is 395 g/mol. The number of hydrogen-bond acceptors (Lipinski definition) is 3. The molecule has 0 amide bonds. The third-order valence-corrected chi connectivity index (χ3v) is 5.03. The van der Waals surface area contributed by atoms with Crippen molar-refractivity contribution in [2.75, 3.05) is 6.61 Å². The monoisotopic (exact) mass is 395 g/mol. The minimum atomic E-state index is -4.70. The van der Waals surface area contributed by atoms with Crippen molar-refractivity contribution < 1.29 is 27.8 Å². The Bertz CT molecular complexity index is 992. The van der Waals surface area contributed by atoms with Crippen LogP contribution < -0.4 is 10.3 Å². The number of carbonyl (C=O) groups is 1. The number of fused-ring (bicyclic) bond motifs is 1. The second-order valence-corrected chi connectivity index (χ2v) is 6.86. The van der Waals surface area contributed by atoms with Gasteiger partial charge in [0.25, 0.3) is 5.56 Å². The number of nitrogens with zero attached hydrogens (tertiary/aromatic N) is 1. The van der Waals surface area contributed by atoms with Crippen LogP contribution in [0.5, 0.6) is 5.75 Å². The molecule has 0 unspecified atom stereocenters. The molecule has 1 aliphatic heterocycles. The lowest BCUT2D eigenvalue weighted by atomic mass is 9.90. The standard InChI is InChI=1S/C20H20F3NO4/c1-11-10-15(20(21,22)23)17(19(27)24(11)2)14-7-5-12(6-8-16(25)26)13-4-3-9-28-18(13)14/h5,7,10H,3-4,6,8-9H2,1-2H3,(H,25,26). The van der Waals surface area contributed by atoms with Gasteiger partial charge in [0, 0.05) is 24.7 Å². The third kappa shape index (κ3) is 3.63. The van der Waals surface area contributed by atoms with Gasteiger partial charge in [-0.25, -0.2) is 0 Å². The molecule has 2 aromatic rings. The smallest absolute Gasteiger partial charge is 0.417 e. The van der Waals surface area contributed by atoms with Gasteiger partial charge in [0.1, 0.15) is 5.75 Å². The molecule has 1 aromatic carbocycles. The number of alkyl halides is 3. The maximum absolute atomic E-state index is 13.7. The van der Waals surface area contributed by atoms with Gasteiger partial charge in [-0.1, -0.05) is 12.1 Å². The Hall–Kier alpha value is -2.77. The first-order valence-electron chi connectivity index (χ1n) is 8.88. The number of carboxylic acids is 1. The van der Waals surface area contributed by atoms with Gasteiger partial charge in [-0.2, -0.15) is 13.2 Å². The lowest BCUT2D eigenvalue weighted by Crippen LogP contribution is -2.26. The number of carboxylic acid groups (broad SMARTS) is 1. The summed E-state index contributed by atoms with van der Waals surface area (Å²) in [6.45, 7) is 1.78. The van der Waals surface area contributed by atoms with Gasteiger partial charge >= 0.3 is 12.1 Å². The van der Waals surface area contributed by atoms with Crippen molar-refractivity contribution >= 4 is 5.97 Å². The Morgan fingerprint density at radius 1 is 1.32 bits per heavy atom. The lowest BCUT2D eigenvalue weighted by molar-refractivity contribution is -0.138. The van der Waals surface area contributed by atoms with E-state index in [-0.39, 0.29) is 29.8 Å². The molecule has 150 valence electrons. The third-order valence-electron chi connectivity index (χ3n) is 5.03. The summed E-state index contributed by atoms with van der Waals surface area (Å²) in [7, 11) is 1.43. The molecule has 1 aromatic heterocycles. The number of benzene rings is 1. The van der Waals surface area contributed by atoms with Gasteiger partial charge in [-0.3, -0.25) is 9.59 Å². The number of aromatic nitrogens is 1. The maximum atomic E-state index is 13.7. The summed E-state index contributed by atoms with van der Waals surface area (Å²) in [5, 5.41) is 8.93. The van der Waals surface area contributed by atoms with Crippen molar-refractivity contribution in [3.8, 4) is 16.9 Å². The van der Waals surface area contributed by atoms with Gasteiger partial charge in [0.15, 0.2) is 0 Å². The van der Waals surface area contributed by atoms with Crippen molar-refractivity contribution in [2.24, 2.45) is 7.05 Å². The summed E-state index contributed by atoms with van der Waals surface area (Å²) in [6.07, 6.45) is -3.30. The Morgan fingerprint density at radius 2 is 2.04 bits per heavy atom. The Balaban J connectivity index is 2.27. The van der Waals surface area contributed by atoms with Crippen LogP contribution in [0.2, 0.25) is 0 Å². The fourth-order valence-electron chi connectivity index (χ4n) is 3.51. The first kappa shape index (κ1) is 20.0. The van der Waals surface area contributed by atoms with E-state index in [0.717, 1.165) is 11.6 Å². The molecule has 1 N–H and O–H groups in total. The van der Waals surface area contributed by atoms with E-state index in [1.54, 1.807) is 6.07 Å². The second kappa shape index (κ2) is 7.33. The van der Waals surface area contributed by atoms with E-state index in [9.17, 15) is 22.8 Å². The lowest BCUT2D eigenvalue weighted by Gasteiger charge is -2.25. The van der Waals surface area contributed by atoms with Crippen LogP contribution in [0.4, 0.5) is 13.2 Å². The molecule has 0 fully saturated rings. The predicted octanol–water partition coefficient (Wildman–Crippen LogP) is 3.72. The summed E-state index contributed by atoms with van der Waals surface area (Å²) < 4.78 is 47.9. The molecule has 3 rings (SSSR count).